The van der Waals surface area contributed by atoms with Gasteiger partial charge in [0.15, 0.2) is 16.5 Å². The van der Waals surface area contributed by atoms with Gasteiger partial charge in [0.25, 0.3) is 5.91 Å². The quantitative estimate of drug-likeness (QED) is 0.531. The van der Waals surface area contributed by atoms with Crippen molar-refractivity contribution in [3.05, 3.63) is 42.4 Å². The maximum absolute atomic E-state index is 15.7. The van der Waals surface area contributed by atoms with Crippen LogP contribution in [0.4, 0.5) is 4.39 Å². The van der Waals surface area contributed by atoms with Crippen LogP contribution >= 0.6 is 11.8 Å². The number of fused-ring (bicyclic) bond motifs is 1. The molecule has 3 aromatic rings. The van der Waals surface area contributed by atoms with Gasteiger partial charge in [-0.25, -0.2) is 14.4 Å². The number of nitrogens with zero attached hydrogens (tertiary/aromatic N) is 7. The Labute approximate surface area is 196 Å². The van der Waals surface area contributed by atoms with Crippen LogP contribution in [0.2, 0.25) is 0 Å². The van der Waals surface area contributed by atoms with E-state index in [-0.39, 0.29) is 24.8 Å². The molecule has 174 valence electrons. The molecule has 33 heavy (non-hydrogen) atoms. The van der Waals surface area contributed by atoms with Crippen LogP contribution in [0, 0.1) is 0 Å². The van der Waals surface area contributed by atoms with Crippen LogP contribution in [-0.2, 0) is 11.3 Å². The molecular weight excluding hydrogens is 441 g/mol. The van der Waals surface area contributed by atoms with Gasteiger partial charge < -0.3 is 9.47 Å². The van der Waals surface area contributed by atoms with Crippen molar-refractivity contribution in [1.29, 1.82) is 0 Å². The summed E-state index contributed by atoms with van der Waals surface area (Å²) in [5.41, 5.74) is 1.05. The average molecular weight is 470 g/mol. The second-order valence-electron chi connectivity index (χ2n) is 8.83. The first-order valence-corrected chi connectivity index (χ1v) is 12.6. The van der Waals surface area contributed by atoms with Crippen LogP contribution in [0.1, 0.15) is 37.3 Å². The lowest BCUT2D eigenvalue weighted by Gasteiger charge is -2.40. The number of imidazole rings is 1. The number of thioether (sulfide) groups is 1. The maximum atomic E-state index is 15.7. The molecule has 0 unspecified atom stereocenters. The molecule has 2 fully saturated rings. The Bertz CT molecular complexity index is 1110. The lowest BCUT2D eigenvalue weighted by atomic mass is 9.90. The SMILES string of the molecule is CSc1nc2cccnc2n1C1CCN(C(=O)C2(F)CCN(Cc3ccnnc3)CC2)CC1. The van der Waals surface area contributed by atoms with Crippen molar-refractivity contribution in [2.75, 3.05) is 32.4 Å². The van der Waals surface area contributed by atoms with E-state index in [0.29, 0.717) is 32.7 Å². The Morgan fingerprint density at radius 3 is 2.64 bits per heavy atom. The molecule has 5 heterocycles. The van der Waals surface area contributed by atoms with Gasteiger partial charge >= 0.3 is 0 Å². The standard InChI is InChI=1S/C23H28FN7OS/c1-33-22-28-19-3-2-9-25-20(19)31(22)18-5-11-30(12-6-18)21(32)23(24)7-13-29(14-8-23)16-17-4-10-26-27-15-17/h2-4,9-10,15,18H,5-8,11-14,16H2,1H3. The van der Waals surface area contributed by atoms with Crippen LogP contribution in [0.25, 0.3) is 11.2 Å². The van der Waals surface area contributed by atoms with Gasteiger partial charge in [0.05, 0.1) is 6.20 Å². The Balaban J connectivity index is 1.20. The van der Waals surface area contributed by atoms with Crippen LogP contribution < -0.4 is 0 Å². The molecule has 0 aliphatic carbocycles. The average Bonchev–Trinajstić information content (AvgIpc) is 3.24. The summed E-state index contributed by atoms with van der Waals surface area (Å²) in [5, 5.41) is 8.63. The summed E-state index contributed by atoms with van der Waals surface area (Å²) < 4.78 is 17.9. The van der Waals surface area contributed by atoms with E-state index in [2.05, 4.69) is 24.6 Å². The minimum absolute atomic E-state index is 0.211. The molecule has 0 N–H and O–H groups in total. The number of rotatable bonds is 5. The van der Waals surface area contributed by atoms with E-state index in [1.165, 1.54) is 0 Å². The topological polar surface area (TPSA) is 80.0 Å². The lowest BCUT2D eigenvalue weighted by Crippen LogP contribution is -2.53. The van der Waals surface area contributed by atoms with E-state index in [1.807, 2.05) is 24.5 Å². The first-order valence-electron chi connectivity index (χ1n) is 11.4. The third kappa shape index (κ3) is 4.46. The third-order valence-corrected chi connectivity index (χ3v) is 7.45. The van der Waals surface area contributed by atoms with Gasteiger partial charge in [-0.1, -0.05) is 11.8 Å². The predicted molar refractivity (Wildman–Crippen MR) is 125 cm³/mol. The van der Waals surface area contributed by atoms with Gasteiger partial charge in [-0.15, -0.1) is 0 Å². The molecular formula is C23H28FN7OS. The highest BCUT2D eigenvalue weighted by molar-refractivity contribution is 7.98. The van der Waals surface area contributed by atoms with Gasteiger partial charge in [0.1, 0.15) is 5.52 Å². The van der Waals surface area contributed by atoms with Gasteiger partial charge in [-0.2, -0.15) is 10.2 Å². The summed E-state index contributed by atoms with van der Waals surface area (Å²) in [6.45, 7) is 2.94. The van der Waals surface area contributed by atoms with Gasteiger partial charge in [-0.3, -0.25) is 9.69 Å². The molecule has 2 saturated heterocycles. The Morgan fingerprint density at radius 1 is 1.15 bits per heavy atom. The molecule has 0 spiro atoms. The number of hydrogen-bond donors (Lipinski definition) is 0. The van der Waals surface area contributed by atoms with Gasteiger partial charge in [-0.05, 0) is 42.9 Å². The minimum Gasteiger partial charge on any atom is -0.340 e. The number of carbonyl (C=O) groups excluding carboxylic acids is 1. The zero-order chi connectivity index (χ0) is 22.8. The molecule has 1 amide bonds. The number of likely N-dealkylation sites (tertiary alicyclic amines) is 2. The van der Waals surface area contributed by atoms with Crippen molar-refractivity contribution < 1.29 is 9.18 Å². The Morgan fingerprint density at radius 2 is 1.94 bits per heavy atom. The normalized spacial score (nSPS) is 19.8. The lowest BCUT2D eigenvalue weighted by molar-refractivity contribution is -0.149. The van der Waals surface area contributed by atoms with E-state index in [9.17, 15) is 4.79 Å². The third-order valence-electron chi connectivity index (χ3n) is 6.80. The predicted octanol–water partition coefficient (Wildman–Crippen LogP) is 3.11. The molecule has 0 atom stereocenters. The number of piperidine rings is 2. The van der Waals surface area contributed by atoms with Crippen LogP contribution in [0.3, 0.4) is 0 Å². The molecule has 5 rings (SSSR count). The summed E-state index contributed by atoms with van der Waals surface area (Å²) in [7, 11) is 0. The van der Waals surface area contributed by atoms with Crippen LogP contribution in [0.5, 0.6) is 0 Å². The van der Waals surface area contributed by atoms with Crippen molar-refractivity contribution in [1.82, 2.24) is 34.5 Å². The molecule has 3 aromatic heterocycles. The largest absolute Gasteiger partial charge is 0.340 e. The summed E-state index contributed by atoms with van der Waals surface area (Å²) in [4.78, 5) is 26.3. The number of halogens is 1. The molecule has 10 heteroatoms. The van der Waals surface area contributed by atoms with Crippen molar-refractivity contribution in [2.24, 2.45) is 0 Å². The van der Waals surface area contributed by atoms with Gasteiger partial charge in [0.2, 0.25) is 0 Å². The number of aromatic nitrogens is 5. The summed E-state index contributed by atoms with van der Waals surface area (Å²) in [6.07, 6.45) is 9.21. The Hall–Kier alpha value is -2.59. The minimum atomic E-state index is -1.77. The molecule has 0 aromatic carbocycles. The highest BCUT2D eigenvalue weighted by Gasteiger charge is 2.45. The first kappa shape index (κ1) is 22.2. The fourth-order valence-corrected chi connectivity index (χ4v) is 5.56. The van der Waals surface area contributed by atoms with E-state index in [0.717, 1.165) is 34.7 Å². The van der Waals surface area contributed by atoms with Crippen molar-refractivity contribution in [2.45, 2.75) is 49.1 Å². The summed E-state index contributed by atoms with van der Waals surface area (Å²) in [6, 6.07) is 6.00. The number of carbonyl (C=O) groups is 1. The molecule has 0 bridgehead atoms. The highest BCUT2D eigenvalue weighted by atomic mass is 32.2. The monoisotopic (exact) mass is 469 g/mol. The second kappa shape index (κ2) is 9.34. The van der Waals surface area contributed by atoms with E-state index < -0.39 is 5.67 Å². The van der Waals surface area contributed by atoms with Crippen molar-refractivity contribution in [3.8, 4) is 0 Å². The van der Waals surface area contributed by atoms with Crippen molar-refractivity contribution >= 4 is 28.8 Å². The summed E-state index contributed by atoms with van der Waals surface area (Å²) in [5.74, 6) is -0.343. The highest BCUT2D eigenvalue weighted by Crippen LogP contribution is 2.34. The van der Waals surface area contributed by atoms with E-state index in [4.69, 9.17) is 4.98 Å². The smallest absolute Gasteiger partial charge is 0.260 e. The fraction of sp³-hybridized carbons (Fsp3) is 0.522. The van der Waals surface area contributed by atoms with E-state index >= 15 is 4.39 Å². The Kier molecular flexibility index (Phi) is 6.29. The molecule has 2 aliphatic heterocycles. The molecule has 8 nitrogen and oxygen atoms in total. The zero-order valence-electron chi connectivity index (χ0n) is 18.7. The second-order valence-corrected chi connectivity index (χ2v) is 9.60. The molecule has 0 radical (unpaired) electrons. The maximum Gasteiger partial charge on any atom is 0.260 e. The van der Waals surface area contributed by atoms with E-state index in [1.54, 1.807) is 35.3 Å². The molecule has 0 saturated carbocycles. The number of pyridine rings is 1. The number of hydrogen-bond acceptors (Lipinski definition) is 7. The number of amides is 1. The van der Waals surface area contributed by atoms with Crippen molar-refractivity contribution in [3.63, 3.8) is 0 Å². The first-order chi connectivity index (χ1) is 16.1. The summed E-state index contributed by atoms with van der Waals surface area (Å²) >= 11 is 1.60. The fourth-order valence-electron chi connectivity index (χ4n) is 4.94. The van der Waals surface area contributed by atoms with Crippen LogP contribution in [0.15, 0.2) is 41.9 Å². The number of alkyl halides is 1. The molecule has 2 aliphatic rings. The van der Waals surface area contributed by atoms with Crippen LogP contribution in [-0.4, -0.2) is 78.5 Å². The zero-order valence-corrected chi connectivity index (χ0v) is 19.5. The van der Waals surface area contributed by atoms with Gasteiger partial charge in [0, 0.05) is 64.0 Å².